The molecule has 7 N–H and O–H groups in total. The Hall–Kier alpha value is -6.49. The number of nitrogens with zero attached hydrogens (tertiary/aromatic N) is 6. The molecule has 0 radical (unpaired) electrons. The summed E-state index contributed by atoms with van der Waals surface area (Å²) in [6, 6.07) is 28.8. The van der Waals surface area contributed by atoms with Gasteiger partial charge in [0.05, 0.1) is 9.79 Å². The Balaban J connectivity index is 0.000000209. The van der Waals surface area contributed by atoms with Crippen molar-refractivity contribution in [3.63, 3.8) is 0 Å². The Bertz CT molecular complexity index is 2730. The molecule has 8 rings (SSSR count). The Morgan fingerprint density at radius 2 is 0.925 bits per heavy atom. The number of carbonyl (C=O) groups is 1. The summed E-state index contributed by atoms with van der Waals surface area (Å²) in [5.74, 6) is 1.14. The van der Waals surface area contributed by atoms with Gasteiger partial charge in [0.15, 0.2) is 0 Å². The second-order valence-electron chi connectivity index (χ2n) is 15.3. The maximum absolute atomic E-state index is 13.1. The highest BCUT2D eigenvalue weighted by atomic mass is 32.2. The van der Waals surface area contributed by atoms with Crippen LogP contribution in [0.3, 0.4) is 0 Å². The van der Waals surface area contributed by atoms with Crippen LogP contribution in [-0.2, 0) is 24.8 Å². The van der Waals surface area contributed by atoms with Crippen LogP contribution in [0.1, 0.15) is 39.5 Å². The predicted molar refractivity (Wildman–Crippen MR) is 256 cm³/mol. The van der Waals surface area contributed by atoms with Crippen LogP contribution in [-0.4, -0.2) is 96.5 Å². The number of hydrogen-bond acceptors (Lipinski definition) is 15. The lowest BCUT2D eigenvalue weighted by Gasteiger charge is -2.31. The van der Waals surface area contributed by atoms with E-state index < -0.39 is 20.0 Å². The Kier molecular flexibility index (Phi) is 17.7. The van der Waals surface area contributed by atoms with Crippen molar-refractivity contribution in [3.8, 4) is 0 Å². The van der Waals surface area contributed by atoms with Gasteiger partial charge in [0.1, 0.15) is 29.6 Å². The molecule has 2 aliphatic rings. The van der Waals surface area contributed by atoms with Gasteiger partial charge < -0.3 is 37.1 Å². The van der Waals surface area contributed by atoms with Crippen LogP contribution in [0.5, 0.6) is 0 Å². The van der Waals surface area contributed by atoms with Crippen LogP contribution >= 0.6 is 0 Å². The summed E-state index contributed by atoms with van der Waals surface area (Å²) in [5.41, 5.74) is 8.58. The highest BCUT2D eigenvalue weighted by molar-refractivity contribution is 7.89. The Morgan fingerprint density at radius 3 is 1.30 bits per heavy atom. The van der Waals surface area contributed by atoms with E-state index in [1.54, 1.807) is 102 Å². The van der Waals surface area contributed by atoms with E-state index in [-0.39, 0.29) is 27.5 Å². The molecule has 0 bridgehead atoms. The SMILES string of the molecule is CC=O.CCNC1CCN(S(=O)(=O)c2ccc(Nc3nccc(Nc4ccc(F)cc4)n3)cc2)CC1.NC1CCN(S(=O)(=O)c2ccc(Nc3nccc(Nc4ccc(F)cc4)n3)cc2)CC1. The van der Waals surface area contributed by atoms with Gasteiger partial charge in [-0.15, -0.1) is 0 Å². The summed E-state index contributed by atoms with van der Waals surface area (Å²) in [4.78, 5) is 26.5. The summed E-state index contributed by atoms with van der Waals surface area (Å²) >= 11 is 0. The Labute approximate surface area is 389 Å². The van der Waals surface area contributed by atoms with Crippen molar-refractivity contribution in [3.05, 3.63) is 133 Å². The molecule has 2 saturated heterocycles. The van der Waals surface area contributed by atoms with Crippen LogP contribution in [0.25, 0.3) is 0 Å². The van der Waals surface area contributed by atoms with E-state index in [1.807, 2.05) is 0 Å². The summed E-state index contributed by atoms with van der Waals surface area (Å²) in [7, 11) is -7.06. The number of aromatic nitrogens is 4. The Morgan fingerprint density at radius 1 is 0.582 bits per heavy atom. The van der Waals surface area contributed by atoms with E-state index in [9.17, 15) is 25.6 Å². The maximum Gasteiger partial charge on any atom is 0.243 e. The van der Waals surface area contributed by atoms with Gasteiger partial charge in [0.25, 0.3) is 0 Å². The number of sulfonamides is 2. The number of rotatable bonds is 14. The van der Waals surface area contributed by atoms with E-state index in [0.29, 0.717) is 91.3 Å². The molecule has 67 heavy (non-hydrogen) atoms. The normalized spacial score (nSPS) is 14.9. The monoisotopic (exact) mass is 956 g/mol. The lowest BCUT2D eigenvalue weighted by Crippen LogP contribution is -2.44. The van der Waals surface area contributed by atoms with E-state index in [0.717, 1.165) is 25.7 Å². The molecular formula is C46H54F2N12O5S2. The number of nitrogens with two attached hydrogens (primary N) is 1. The van der Waals surface area contributed by atoms with Gasteiger partial charge in [-0.3, -0.25) is 0 Å². The number of benzene rings is 4. The lowest BCUT2D eigenvalue weighted by atomic mass is 10.1. The fourth-order valence-electron chi connectivity index (χ4n) is 7.02. The second-order valence-corrected chi connectivity index (χ2v) is 19.2. The van der Waals surface area contributed by atoms with Crippen LogP contribution in [0, 0.1) is 11.6 Å². The van der Waals surface area contributed by atoms with Crippen LogP contribution in [0.4, 0.5) is 55.1 Å². The molecule has 0 atom stereocenters. The van der Waals surface area contributed by atoms with Gasteiger partial charge in [-0.1, -0.05) is 6.92 Å². The third-order valence-electron chi connectivity index (χ3n) is 10.5. The summed E-state index contributed by atoms with van der Waals surface area (Å²) in [6.07, 6.45) is 6.88. The van der Waals surface area contributed by atoms with Crippen molar-refractivity contribution in [1.29, 1.82) is 0 Å². The maximum atomic E-state index is 13.1. The minimum Gasteiger partial charge on any atom is -0.340 e. The first-order valence-corrected chi connectivity index (χ1v) is 24.5. The molecule has 2 fully saturated rings. The largest absolute Gasteiger partial charge is 0.340 e. The number of hydrogen-bond donors (Lipinski definition) is 6. The molecule has 4 heterocycles. The first kappa shape index (κ1) is 49.9. The van der Waals surface area contributed by atoms with Gasteiger partial charge >= 0.3 is 0 Å². The number of aldehydes is 1. The van der Waals surface area contributed by atoms with Crippen molar-refractivity contribution in [2.24, 2.45) is 5.73 Å². The van der Waals surface area contributed by atoms with E-state index >= 15 is 0 Å². The quantitative estimate of drug-likeness (QED) is 0.0589. The smallest absolute Gasteiger partial charge is 0.243 e. The van der Waals surface area contributed by atoms with Crippen molar-refractivity contribution < 1.29 is 30.4 Å². The molecule has 0 spiro atoms. The number of nitrogens with one attached hydrogen (secondary N) is 5. The lowest BCUT2D eigenvalue weighted by molar-refractivity contribution is -0.106. The van der Waals surface area contributed by atoms with E-state index in [2.05, 4.69) is 53.4 Å². The molecular weight excluding hydrogens is 903 g/mol. The van der Waals surface area contributed by atoms with Gasteiger partial charge in [-0.05, 0) is 148 Å². The van der Waals surface area contributed by atoms with Crippen molar-refractivity contribution in [2.75, 3.05) is 54.0 Å². The standard InChI is InChI=1S/C23H27FN6O2S.C21H23FN6O2S.C2H4O/c1-2-25-18-12-15-30(16-13-18)33(31,32)21-9-7-20(8-10-21)28-23-26-14-11-22(29-23)27-19-5-3-17(24)4-6-19;22-15-1-3-17(4-2-15)25-20-9-12-24-21(27-20)26-18-5-7-19(8-6-18)31(29,30)28-13-10-16(23)11-14-28;1-2-3/h3-11,14,18,25H,2,12-13,15-16H2,1H3,(H2,26,27,28,29);1-9,12,16H,10-11,13-14,23H2,(H2,24,25,26,27);2H,1H3. The first-order valence-electron chi connectivity index (χ1n) is 21.6. The third-order valence-corrected chi connectivity index (χ3v) is 14.3. The molecule has 0 unspecified atom stereocenters. The molecule has 0 amide bonds. The molecule has 0 saturated carbocycles. The van der Waals surface area contributed by atoms with Crippen molar-refractivity contribution >= 4 is 72.6 Å². The van der Waals surface area contributed by atoms with Gasteiger partial charge in [0.2, 0.25) is 31.9 Å². The van der Waals surface area contributed by atoms with E-state index in [4.69, 9.17) is 10.5 Å². The molecule has 17 nitrogen and oxygen atoms in total. The van der Waals surface area contributed by atoms with Crippen molar-refractivity contribution in [2.45, 2.75) is 61.4 Å². The zero-order valence-corrected chi connectivity index (χ0v) is 38.7. The summed E-state index contributed by atoms with van der Waals surface area (Å²) in [6.45, 7) is 6.29. The predicted octanol–water partition coefficient (Wildman–Crippen LogP) is 7.29. The van der Waals surface area contributed by atoms with Gasteiger partial charge in [0, 0.05) is 73.4 Å². The van der Waals surface area contributed by atoms with Crippen LogP contribution in [0.2, 0.25) is 0 Å². The highest BCUT2D eigenvalue weighted by Crippen LogP contribution is 2.26. The molecule has 354 valence electrons. The number of carbonyl (C=O) groups excluding carboxylic acids is 1. The first-order chi connectivity index (χ1) is 32.2. The number of piperidine rings is 2. The third kappa shape index (κ3) is 14.5. The van der Waals surface area contributed by atoms with Gasteiger partial charge in [-0.25, -0.2) is 35.6 Å². The molecule has 2 aromatic heterocycles. The van der Waals surface area contributed by atoms with Crippen molar-refractivity contribution in [1.82, 2.24) is 33.9 Å². The fraction of sp³-hybridized carbons (Fsp3) is 0.283. The molecule has 0 aliphatic carbocycles. The highest BCUT2D eigenvalue weighted by Gasteiger charge is 2.30. The average molecular weight is 957 g/mol. The summed E-state index contributed by atoms with van der Waals surface area (Å²) < 4.78 is 80.8. The molecule has 6 aromatic rings. The second kappa shape index (κ2) is 23.8. The molecule has 4 aromatic carbocycles. The molecule has 21 heteroatoms. The zero-order chi connectivity index (χ0) is 47.8. The summed E-state index contributed by atoms with van der Waals surface area (Å²) in [5, 5.41) is 15.7. The van der Waals surface area contributed by atoms with E-state index in [1.165, 1.54) is 35.5 Å². The minimum absolute atomic E-state index is 0.0614. The van der Waals surface area contributed by atoms with Crippen LogP contribution < -0.4 is 32.3 Å². The number of anilines is 8. The minimum atomic E-state index is -3.54. The zero-order valence-electron chi connectivity index (χ0n) is 37.0. The molecule has 2 aliphatic heterocycles. The fourth-order valence-corrected chi connectivity index (χ4v) is 9.96. The topological polar surface area (TPSA) is 230 Å². The van der Waals surface area contributed by atoms with Gasteiger partial charge in [-0.2, -0.15) is 18.6 Å². The average Bonchev–Trinajstić information content (AvgIpc) is 3.32. The number of halogens is 2. The van der Waals surface area contributed by atoms with Crippen LogP contribution in [0.15, 0.2) is 131 Å².